The Bertz CT molecular complexity index is 1770. The van der Waals surface area contributed by atoms with E-state index in [-0.39, 0.29) is 22.2 Å². The van der Waals surface area contributed by atoms with Gasteiger partial charge in [-0.2, -0.15) is 0 Å². The molecule has 1 saturated heterocycles. The van der Waals surface area contributed by atoms with Crippen LogP contribution in [0.15, 0.2) is 107 Å². The third-order valence-electron chi connectivity index (χ3n) is 6.85. The van der Waals surface area contributed by atoms with Crippen molar-refractivity contribution in [1.82, 2.24) is 9.62 Å². The Kier molecular flexibility index (Phi) is 7.83. The highest BCUT2D eigenvalue weighted by molar-refractivity contribution is 7.91. The molecule has 4 aromatic carbocycles. The fraction of sp³-hybridized carbons (Fsp3) is 0.167. The van der Waals surface area contributed by atoms with E-state index < -0.39 is 25.9 Å². The summed E-state index contributed by atoms with van der Waals surface area (Å²) in [5, 5.41) is 0.600. The predicted molar refractivity (Wildman–Crippen MR) is 157 cm³/mol. The molecule has 0 aromatic heterocycles. The first kappa shape index (κ1) is 28.0. The number of hydrogen-bond donors (Lipinski definition) is 1. The van der Waals surface area contributed by atoms with Gasteiger partial charge in [-0.3, -0.25) is 4.79 Å². The number of benzene rings is 4. The average Bonchev–Trinajstić information content (AvgIpc) is 3.40. The zero-order valence-electron chi connectivity index (χ0n) is 21.6. The molecule has 7 nitrogen and oxygen atoms in total. The van der Waals surface area contributed by atoms with Crippen molar-refractivity contribution in [2.75, 3.05) is 19.3 Å². The van der Waals surface area contributed by atoms with Gasteiger partial charge in [-0.1, -0.05) is 66.2 Å². The molecular formula is C30H27ClN2O5S2. The first-order valence-electron chi connectivity index (χ1n) is 12.6. The molecule has 1 fully saturated rings. The molecule has 0 bridgehead atoms. The summed E-state index contributed by atoms with van der Waals surface area (Å²) in [7, 11) is -7.23. The molecule has 4 aromatic rings. The number of nitrogens with one attached hydrogen (secondary N) is 1. The van der Waals surface area contributed by atoms with Crippen LogP contribution < -0.4 is 4.72 Å². The van der Waals surface area contributed by atoms with Gasteiger partial charge in [0.05, 0.1) is 9.79 Å². The number of sulfonamides is 1. The lowest BCUT2D eigenvalue weighted by atomic mass is 10.0. The second kappa shape index (κ2) is 11.2. The molecule has 0 spiro atoms. The van der Waals surface area contributed by atoms with Crippen molar-refractivity contribution in [3.05, 3.63) is 108 Å². The SMILES string of the molecule is CS(=O)(=O)c1ccccc1-c1ccc(C(=O)N2CCC(NS(=O)(=O)c3cccc(-c4ccc(Cl)cc4)c3)C2)cc1. The highest BCUT2D eigenvalue weighted by Crippen LogP contribution is 2.28. The van der Waals surface area contributed by atoms with Gasteiger partial charge in [0.1, 0.15) is 0 Å². The second-order valence-corrected chi connectivity index (χ2v) is 13.9. The molecule has 1 atom stereocenters. The van der Waals surface area contributed by atoms with Crippen molar-refractivity contribution in [3.8, 4) is 22.3 Å². The fourth-order valence-corrected chi connectivity index (χ4v) is 7.16. The Morgan fingerprint density at radius 2 is 1.50 bits per heavy atom. The lowest BCUT2D eigenvalue weighted by molar-refractivity contribution is 0.0790. The van der Waals surface area contributed by atoms with E-state index in [1.165, 1.54) is 0 Å². The van der Waals surface area contributed by atoms with E-state index in [9.17, 15) is 21.6 Å². The third-order valence-corrected chi connectivity index (χ3v) is 9.77. The van der Waals surface area contributed by atoms with Crippen molar-refractivity contribution >= 4 is 37.4 Å². The number of nitrogens with zero attached hydrogens (tertiary/aromatic N) is 1. The summed E-state index contributed by atoms with van der Waals surface area (Å²) in [4.78, 5) is 15.2. The van der Waals surface area contributed by atoms with E-state index in [2.05, 4.69) is 4.72 Å². The van der Waals surface area contributed by atoms with Crippen LogP contribution in [-0.4, -0.2) is 53.0 Å². The summed E-state index contributed by atoms with van der Waals surface area (Å²) >= 11 is 5.97. The van der Waals surface area contributed by atoms with Crippen molar-refractivity contribution < 1.29 is 21.6 Å². The first-order chi connectivity index (χ1) is 19.0. The van der Waals surface area contributed by atoms with Gasteiger partial charge in [0.25, 0.3) is 5.91 Å². The van der Waals surface area contributed by atoms with Gasteiger partial charge >= 0.3 is 0 Å². The molecule has 40 heavy (non-hydrogen) atoms. The minimum absolute atomic E-state index is 0.148. The van der Waals surface area contributed by atoms with Gasteiger partial charge in [0.2, 0.25) is 10.0 Å². The Morgan fingerprint density at radius 1 is 0.825 bits per heavy atom. The van der Waals surface area contributed by atoms with Crippen LogP contribution in [-0.2, 0) is 19.9 Å². The van der Waals surface area contributed by atoms with Gasteiger partial charge in [0.15, 0.2) is 9.84 Å². The monoisotopic (exact) mass is 594 g/mol. The average molecular weight is 595 g/mol. The summed E-state index contributed by atoms with van der Waals surface area (Å²) in [6, 6.07) is 26.9. The van der Waals surface area contributed by atoms with Gasteiger partial charge in [-0.25, -0.2) is 21.6 Å². The number of halogens is 1. The molecule has 206 valence electrons. The summed E-state index contributed by atoms with van der Waals surface area (Å²) in [5.41, 5.74) is 3.31. The smallest absolute Gasteiger partial charge is 0.253 e. The molecule has 1 aliphatic heterocycles. The summed E-state index contributed by atoms with van der Waals surface area (Å²) in [6.07, 6.45) is 1.65. The van der Waals surface area contributed by atoms with Gasteiger partial charge in [0, 0.05) is 41.5 Å². The Balaban J connectivity index is 1.26. The molecule has 1 N–H and O–H groups in total. The minimum Gasteiger partial charge on any atom is -0.337 e. The highest BCUT2D eigenvalue weighted by atomic mass is 35.5. The third kappa shape index (κ3) is 6.13. The van der Waals surface area contributed by atoms with Gasteiger partial charge < -0.3 is 4.90 Å². The standard InChI is InChI=1S/C30H27ClN2O5S2/c1-39(35,36)29-8-3-2-7-28(29)22-9-11-23(12-10-22)30(34)33-18-17-26(20-33)32-40(37,38)27-6-4-5-24(19-27)21-13-15-25(31)16-14-21/h2-16,19,26,32H,17-18,20H2,1H3. The van der Waals surface area contributed by atoms with Crippen LogP contribution in [0.2, 0.25) is 5.02 Å². The van der Waals surface area contributed by atoms with Crippen LogP contribution >= 0.6 is 11.6 Å². The van der Waals surface area contributed by atoms with E-state index >= 15 is 0 Å². The van der Waals surface area contributed by atoms with Crippen molar-refractivity contribution in [1.29, 1.82) is 0 Å². The van der Waals surface area contributed by atoms with Crippen LogP contribution in [0.1, 0.15) is 16.8 Å². The van der Waals surface area contributed by atoms with E-state index in [0.29, 0.717) is 34.7 Å². The molecule has 5 rings (SSSR count). The van der Waals surface area contributed by atoms with Crippen LogP contribution in [0.5, 0.6) is 0 Å². The van der Waals surface area contributed by atoms with Gasteiger partial charge in [-0.05, 0) is 65.6 Å². The first-order valence-corrected chi connectivity index (χ1v) is 16.3. The molecular weight excluding hydrogens is 568 g/mol. The Hall–Kier alpha value is -3.50. The zero-order chi connectivity index (χ0) is 28.5. The Labute approximate surface area is 239 Å². The maximum Gasteiger partial charge on any atom is 0.253 e. The normalized spacial score (nSPS) is 15.8. The molecule has 0 radical (unpaired) electrons. The molecule has 1 amide bonds. The van der Waals surface area contributed by atoms with Crippen molar-refractivity contribution in [2.45, 2.75) is 22.3 Å². The van der Waals surface area contributed by atoms with E-state index in [1.807, 2.05) is 18.2 Å². The summed E-state index contributed by atoms with van der Waals surface area (Å²) in [5.74, 6) is -0.214. The number of hydrogen-bond acceptors (Lipinski definition) is 5. The van der Waals surface area contributed by atoms with Crippen molar-refractivity contribution in [3.63, 3.8) is 0 Å². The lowest BCUT2D eigenvalue weighted by Gasteiger charge is -2.18. The summed E-state index contributed by atoms with van der Waals surface area (Å²) < 4.78 is 53.4. The number of carbonyl (C=O) groups is 1. The molecule has 0 aliphatic carbocycles. The fourth-order valence-electron chi connectivity index (χ4n) is 4.82. The number of rotatable bonds is 7. The van der Waals surface area contributed by atoms with Crippen LogP contribution in [0, 0.1) is 0 Å². The van der Waals surface area contributed by atoms with Crippen LogP contribution in [0.4, 0.5) is 0 Å². The molecule has 10 heteroatoms. The number of sulfone groups is 1. The molecule has 0 saturated carbocycles. The highest BCUT2D eigenvalue weighted by Gasteiger charge is 2.30. The topological polar surface area (TPSA) is 101 Å². The Morgan fingerprint density at radius 3 is 2.20 bits per heavy atom. The summed E-state index contributed by atoms with van der Waals surface area (Å²) in [6.45, 7) is 0.656. The number of amides is 1. The van der Waals surface area contributed by atoms with E-state index in [1.54, 1.807) is 83.8 Å². The van der Waals surface area contributed by atoms with Gasteiger partial charge in [-0.15, -0.1) is 0 Å². The minimum atomic E-state index is -3.81. The second-order valence-electron chi connectivity index (χ2n) is 9.74. The maximum absolute atomic E-state index is 13.2. The molecule has 1 aliphatic rings. The largest absolute Gasteiger partial charge is 0.337 e. The van der Waals surface area contributed by atoms with Crippen LogP contribution in [0.3, 0.4) is 0 Å². The van der Waals surface area contributed by atoms with Crippen LogP contribution in [0.25, 0.3) is 22.3 Å². The lowest BCUT2D eigenvalue weighted by Crippen LogP contribution is -2.38. The molecule has 1 heterocycles. The predicted octanol–water partition coefficient (Wildman–Crippen LogP) is 5.27. The van der Waals surface area contributed by atoms with E-state index in [0.717, 1.165) is 17.4 Å². The maximum atomic E-state index is 13.2. The van der Waals surface area contributed by atoms with E-state index in [4.69, 9.17) is 11.6 Å². The quantitative estimate of drug-likeness (QED) is 0.314. The number of likely N-dealkylation sites (tertiary alicyclic amines) is 1. The number of carbonyl (C=O) groups excluding carboxylic acids is 1. The molecule has 1 unspecified atom stereocenters. The van der Waals surface area contributed by atoms with Crippen molar-refractivity contribution in [2.24, 2.45) is 0 Å². The zero-order valence-corrected chi connectivity index (χ0v) is 24.0.